The molecule has 0 atom stereocenters. The van der Waals surface area contributed by atoms with Crippen LogP contribution in [-0.4, -0.2) is 10.8 Å². The molecule has 0 aromatic heterocycles. The summed E-state index contributed by atoms with van der Waals surface area (Å²) in [7, 11) is 0. The highest BCUT2D eigenvalue weighted by molar-refractivity contribution is 9.10. The lowest BCUT2D eigenvalue weighted by Gasteiger charge is -2.09. The predicted octanol–water partition coefficient (Wildman–Crippen LogP) is 5.48. The highest BCUT2D eigenvalue weighted by Crippen LogP contribution is 2.28. The number of carbonyl (C=O) groups excluding carboxylic acids is 1. The van der Waals surface area contributed by atoms with E-state index in [4.69, 9.17) is 4.74 Å². The smallest absolute Gasteiger partial charge is 0.269 e. The number of halogens is 1. The molecule has 154 valence electrons. The van der Waals surface area contributed by atoms with Crippen molar-refractivity contribution in [3.8, 4) is 11.8 Å². The summed E-state index contributed by atoms with van der Waals surface area (Å²) < 4.78 is 6.49. The van der Waals surface area contributed by atoms with Gasteiger partial charge in [0.1, 0.15) is 24.0 Å². The molecule has 3 aromatic rings. The molecule has 1 amide bonds. The third-order valence-electron chi connectivity index (χ3n) is 4.21. The number of hydrogen-bond donors (Lipinski definition) is 1. The van der Waals surface area contributed by atoms with E-state index < -0.39 is 10.8 Å². The average molecular weight is 478 g/mol. The molecule has 31 heavy (non-hydrogen) atoms. The number of anilines is 1. The SMILES string of the molecule is N#C/C(=C\c1ccc(OCc2ccccc2)c(Br)c1)C(=O)Nc1ccc([N+](=O)[O-])cc1. The molecule has 0 saturated carbocycles. The number of amides is 1. The van der Waals surface area contributed by atoms with Crippen LogP contribution >= 0.6 is 15.9 Å². The largest absolute Gasteiger partial charge is 0.488 e. The minimum atomic E-state index is -0.614. The molecule has 0 unspecified atom stereocenters. The van der Waals surface area contributed by atoms with Crippen LogP contribution < -0.4 is 10.1 Å². The van der Waals surface area contributed by atoms with Gasteiger partial charge in [-0.25, -0.2) is 0 Å². The number of non-ortho nitro benzene ring substituents is 1. The first-order chi connectivity index (χ1) is 15.0. The lowest BCUT2D eigenvalue weighted by Crippen LogP contribution is -2.13. The fourth-order valence-corrected chi connectivity index (χ4v) is 3.15. The zero-order valence-corrected chi connectivity index (χ0v) is 17.7. The van der Waals surface area contributed by atoms with Crippen LogP contribution in [0.2, 0.25) is 0 Å². The fourth-order valence-electron chi connectivity index (χ4n) is 2.64. The number of nitriles is 1. The summed E-state index contributed by atoms with van der Waals surface area (Å²) in [6.45, 7) is 0.412. The Morgan fingerprint density at radius 1 is 1.13 bits per heavy atom. The summed E-state index contributed by atoms with van der Waals surface area (Å²) >= 11 is 3.45. The molecule has 0 fully saturated rings. The van der Waals surface area contributed by atoms with Gasteiger partial charge in [-0.15, -0.1) is 0 Å². The van der Waals surface area contributed by atoms with Gasteiger partial charge >= 0.3 is 0 Å². The van der Waals surface area contributed by atoms with Crippen LogP contribution in [-0.2, 0) is 11.4 Å². The number of benzene rings is 3. The Bertz CT molecular complexity index is 1170. The van der Waals surface area contributed by atoms with Crippen molar-refractivity contribution in [3.05, 3.63) is 104 Å². The van der Waals surface area contributed by atoms with Crippen LogP contribution in [0.15, 0.2) is 82.8 Å². The van der Waals surface area contributed by atoms with Gasteiger partial charge in [0.15, 0.2) is 0 Å². The molecule has 8 heteroatoms. The maximum atomic E-state index is 12.4. The molecule has 0 aliphatic rings. The van der Waals surface area contributed by atoms with Crippen LogP contribution in [0.3, 0.4) is 0 Å². The van der Waals surface area contributed by atoms with Gasteiger partial charge in [0.2, 0.25) is 0 Å². The maximum absolute atomic E-state index is 12.4. The first kappa shape index (κ1) is 21.7. The van der Waals surface area contributed by atoms with Crippen LogP contribution in [0.4, 0.5) is 11.4 Å². The topological polar surface area (TPSA) is 105 Å². The molecule has 0 bridgehead atoms. The monoisotopic (exact) mass is 477 g/mol. The lowest BCUT2D eigenvalue weighted by molar-refractivity contribution is -0.384. The summed E-state index contributed by atoms with van der Waals surface area (Å²) in [4.78, 5) is 22.6. The van der Waals surface area contributed by atoms with Crippen LogP contribution in [0.25, 0.3) is 6.08 Å². The summed E-state index contributed by atoms with van der Waals surface area (Å²) in [5.74, 6) is 0.0201. The normalized spacial score (nSPS) is 10.8. The van der Waals surface area contributed by atoms with E-state index in [-0.39, 0.29) is 11.3 Å². The zero-order valence-electron chi connectivity index (χ0n) is 16.1. The number of rotatable bonds is 7. The van der Waals surface area contributed by atoms with Crippen molar-refractivity contribution in [1.29, 1.82) is 5.26 Å². The molecular weight excluding hydrogens is 462 g/mol. The van der Waals surface area contributed by atoms with Gasteiger partial charge < -0.3 is 10.1 Å². The van der Waals surface area contributed by atoms with E-state index in [1.165, 1.54) is 30.3 Å². The van der Waals surface area contributed by atoms with Gasteiger partial charge in [-0.1, -0.05) is 36.4 Å². The second-order valence-corrected chi connectivity index (χ2v) is 7.25. The fraction of sp³-hybridized carbons (Fsp3) is 0.0435. The van der Waals surface area contributed by atoms with Gasteiger partial charge in [-0.05, 0) is 57.4 Å². The Hall–Kier alpha value is -3.96. The third-order valence-corrected chi connectivity index (χ3v) is 4.82. The van der Waals surface area contributed by atoms with E-state index in [9.17, 15) is 20.2 Å². The Morgan fingerprint density at radius 2 is 1.84 bits per heavy atom. The van der Waals surface area contributed by atoms with Gasteiger partial charge in [0.25, 0.3) is 11.6 Å². The number of nitrogens with one attached hydrogen (secondary N) is 1. The zero-order chi connectivity index (χ0) is 22.2. The highest BCUT2D eigenvalue weighted by atomic mass is 79.9. The van der Waals surface area contributed by atoms with E-state index in [0.29, 0.717) is 28.1 Å². The minimum Gasteiger partial charge on any atom is -0.488 e. The van der Waals surface area contributed by atoms with E-state index in [2.05, 4.69) is 21.2 Å². The van der Waals surface area contributed by atoms with E-state index in [0.717, 1.165) is 5.56 Å². The quantitative estimate of drug-likeness (QED) is 0.210. The van der Waals surface area contributed by atoms with Crippen molar-refractivity contribution in [2.45, 2.75) is 6.61 Å². The second kappa shape index (κ2) is 10.2. The lowest BCUT2D eigenvalue weighted by atomic mass is 10.1. The highest BCUT2D eigenvalue weighted by Gasteiger charge is 2.12. The number of nitro benzene ring substituents is 1. The average Bonchev–Trinajstić information content (AvgIpc) is 2.77. The number of carbonyl (C=O) groups is 1. The molecular formula is C23H16BrN3O4. The summed E-state index contributed by atoms with van der Waals surface area (Å²) in [6, 6.07) is 22.2. The third kappa shape index (κ3) is 6.01. The molecule has 0 aliphatic heterocycles. The molecule has 3 rings (SSSR count). The molecule has 0 spiro atoms. The minimum absolute atomic E-state index is 0.0894. The van der Waals surface area contributed by atoms with Gasteiger partial charge in [0, 0.05) is 17.8 Å². The molecule has 7 nitrogen and oxygen atoms in total. The van der Waals surface area contributed by atoms with Crippen molar-refractivity contribution in [3.63, 3.8) is 0 Å². The number of ether oxygens (including phenoxy) is 1. The Labute approximate surface area is 186 Å². The van der Waals surface area contributed by atoms with Gasteiger partial charge in [-0.2, -0.15) is 5.26 Å². The summed E-state index contributed by atoms with van der Waals surface area (Å²) in [5, 5.41) is 22.6. The van der Waals surface area contributed by atoms with Crippen molar-refractivity contribution in [2.75, 3.05) is 5.32 Å². The number of nitrogens with zero attached hydrogens (tertiary/aromatic N) is 2. The standard InChI is InChI=1S/C23H16BrN3O4/c24-21-13-17(6-11-22(21)31-15-16-4-2-1-3-5-16)12-18(14-25)23(28)26-19-7-9-20(10-8-19)27(29)30/h1-13H,15H2,(H,26,28)/b18-12+. The Morgan fingerprint density at radius 3 is 2.45 bits per heavy atom. The molecule has 0 radical (unpaired) electrons. The molecule has 0 heterocycles. The first-order valence-electron chi connectivity index (χ1n) is 9.10. The van der Waals surface area contributed by atoms with E-state index in [1.807, 2.05) is 36.4 Å². The van der Waals surface area contributed by atoms with Crippen molar-refractivity contribution in [2.24, 2.45) is 0 Å². The summed E-state index contributed by atoms with van der Waals surface area (Å²) in [6.07, 6.45) is 1.45. The van der Waals surface area contributed by atoms with Gasteiger partial charge in [0.05, 0.1) is 9.40 Å². The van der Waals surface area contributed by atoms with Gasteiger partial charge in [-0.3, -0.25) is 14.9 Å². The van der Waals surface area contributed by atoms with E-state index >= 15 is 0 Å². The maximum Gasteiger partial charge on any atom is 0.269 e. The number of hydrogen-bond acceptors (Lipinski definition) is 5. The summed E-state index contributed by atoms with van der Waals surface area (Å²) in [5.41, 5.74) is 1.82. The van der Waals surface area contributed by atoms with Crippen LogP contribution in [0, 0.1) is 21.4 Å². The van der Waals surface area contributed by atoms with E-state index in [1.54, 1.807) is 18.2 Å². The Balaban J connectivity index is 1.69. The molecule has 0 aliphatic carbocycles. The predicted molar refractivity (Wildman–Crippen MR) is 120 cm³/mol. The van der Waals surface area contributed by atoms with Crippen LogP contribution in [0.5, 0.6) is 5.75 Å². The van der Waals surface area contributed by atoms with Crippen LogP contribution in [0.1, 0.15) is 11.1 Å². The molecule has 1 N–H and O–H groups in total. The van der Waals surface area contributed by atoms with Crippen molar-refractivity contribution < 1.29 is 14.5 Å². The second-order valence-electron chi connectivity index (χ2n) is 6.39. The van der Waals surface area contributed by atoms with Crippen molar-refractivity contribution in [1.82, 2.24) is 0 Å². The Kier molecular flexibility index (Phi) is 7.14. The first-order valence-corrected chi connectivity index (χ1v) is 9.89. The van der Waals surface area contributed by atoms with Crippen molar-refractivity contribution >= 4 is 39.3 Å². The molecule has 0 saturated heterocycles. The molecule has 3 aromatic carbocycles. The number of nitro groups is 1.